The van der Waals surface area contributed by atoms with Gasteiger partial charge in [0.2, 0.25) is 0 Å². The van der Waals surface area contributed by atoms with Crippen LogP contribution >= 0.6 is 0 Å². The molecule has 1 aromatic heterocycles. The highest BCUT2D eigenvalue weighted by Gasteiger charge is 2.38. The molecule has 1 amide bonds. The van der Waals surface area contributed by atoms with Gasteiger partial charge in [-0.3, -0.25) is 4.79 Å². The van der Waals surface area contributed by atoms with Crippen LogP contribution in [-0.2, 0) is 5.41 Å². The van der Waals surface area contributed by atoms with E-state index in [-0.39, 0.29) is 5.91 Å². The van der Waals surface area contributed by atoms with Crippen LogP contribution in [0.25, 0.3) is 0 Å². The summed E-state index contributed by atoms with van der Waals surface area (Å²) in [6, 6.07) is 12.4. The normalized spacial score (nSPS) is 16.5. The van der Waals surface area contributed by atoms with E-state index < -0.39 is 5.41 Å². The standard InChI is InChI=1S/C19H20N4O/c1-14-17(12-21-15(2)22-14)18(24)23-10-8-19(13-20,9-11-23)16-6-4-3-5-7-16/h3-7,12H,8-11H2,1-2H3. The fourth-order valence-electron chi connectivity index (χ4n) is 3.28. The zero-order valence-electron chi connectivity index (χ0n) is 14.0. The van der Waals surface area contributed by atoms with Gasteiger partial charge in [0.1, 0.15) is 5.82 Å². The van der Waals surface area contributed by atoms with Gasteiger partial charge in [0.15, 0.2) is 0 Å². The fraction of sp³-hybridized carbons (Fsp3) is 0.368. The molecule has 1 saturated heterocycles. The van der Waals surface area contributed by atoms with Gasteiger partial charge in [-0.1, -0.05) is 30.3 Å². The second-order valence-electron chi connectivity index (χ2n) is 6.27. The average molecular weight is 320 g/mol. The summed E-state index contributed by atoms with van der Waals surface area (Å²) in [6.45, 7) is 4.77. The van der Waals surface area contributed by atoms with Crippen molar-refractivity contribution in [3.05, 3.63) is 59.2 Å². The Bertz CT molecular complexity index is 787. The van der Waals surface area contributed by atoms with Crippen LogP contribution in [0.5, 0.6) is 0 Å². The lowest BCUT2D eigenvalue weighted by Gasteiger charge is -2.37. The lowest BCUT2D eigenvalue weighted by molar-refractivity contribution is 0.0690. The molecule has 2 aromatic rings. The fourth-order valence-corrected chi connectivity index (χ4v) is 3.28. The van der Waals surface area contributed by atoms with Crippen LogP contribution in [0.4, 0.5) is 0 Å². The van der Waals surface area contributed by atoms with E-state index in [1.807, 2.05) is 44.2 Å². The SMILES string of the molecule is Cc1ncc(C(=O)N2CCC(C#N)(c3ccccc3)CC2)c(C)n1. The Balaban J connectivity index is 1.77. The molecule has 1 aromatic carbocycles. The Labute approximate surface area is 142 Å². The Hall–Kier alpha value is -2.74. The van der Waals surface area contributed by atoms with Gasteiger partial charge in [-0.05, 0) is 32.3 Å². The van der Waals surface area contributed by atoms with Gasteiger partial charge in [-0.2, -0.15) is 5.26 Å². The predicted octanol–water partition coefficient (Wildman–Crippen LogP) is 2.79. The maximum absolute atomic E-state index is 12.7. The van der Waals surface area contributed by atoms with E-state index in [1.54, 1.807) is 11.1 Å². The van der Waals surface area contributed by atoms with Gasteiger partial charge < -0.3 is 4.90 Å². The molecule has 0 saturated carbocycles. The number of likely N-dealkylation sites (tertiary alicyclic amines) is 1. The minimum absolute atomic E-state index is 0.0490. The minimum Gasteiger partial charge on any atom is -0.338 e. The molecule has 0 radical (unpaired) electrons. The van der Waals surface area contributed by atoms with E-state index in [9.17, 15) is 10.1 Å². The molecule has 1 fully saturated rings. The van der Waals surface area contributed by atoms with Crippen molar-refractivity contribution in [1.82, 2.24) is 14.9 Å². The van der Waals surface area contributed by atoms with Crippen molar-refractivity contribution in [2.45, 2.75) is 32.1 Å². The Morgan fingerprint density at radius 1 is 1.21 bits per heavy atom. The minimum atomic E-state index is -0.503. The van der Waals surface area contributed by atoms with Gasteiger partial charge in [0, 0.05) is 19.3 Å². The van der Waals surface area contributed by atoms with Gasteiger partial charge in [-0.15, -0.1) is 0 Å². The topological polar surface area (TPSA) is 69.9 Å². The quantitative estimate of drug-likeness (QED) is 0.853. The first-order valence-electron chi connectivity index (χ1n) is 8.12. The number of nitrogens with zero attached hydrogens (tertiary/aromatic N) is 4. The van der Waals surface area contributed by atoms with Crippen LogP contribution in [0, 0.1) is 25.2 Å². The van der Waals surface area contributed by atoms with Gasteiger partial charge >= 0.3 is 0 Å². The first-order valence-corrected chi connectivity index (χ1v) is 8.12. The van der Waals surface area contributed by atoms with Crippen LogP contribution in [-0.4, -0.2) is 33.9 Å². The highest BCUT2D eigenvalue weighted by Crippen LogP contribution is 2.35. The molecule has 2 heterocycles. The van der Waals surface area contributed by atoms with E-state index in [0.29, 0.717) is 43.0 Å². The number of aromatic nitrogens is 2. The van der Waals surface area contributed by atoms with E-state index in [4.69, 9.17) is 0 Å². The van der Waals surface area contributed by atoms with E-state index in [2.05, 4.69) is 16.0 Å². The number of rotatable bonds is 2. The molecule has 0 atom stereocenters. The number of nitriles is 1. The van der Waals surface area contributed by atoms with Crippen LogP contribution in [0.1, 0.15) is 40.3 Å². The third-order valence-electron chi connectivity index (χ3n) is 4.77. The zero-order chi connectivity index (χ0) is 17.2. The first kappa shape index (κ1) is 16.1. The zero-order valence-corrected chi connectivity index (χ0v) is 14.0. The molecule has 5 heteroatoms. The van der Waals surface area contributed by atoms with Crippen LogP contribution < -0.4 is 0 Å². The number of carbonyl (C=O) groups excluding carboxylic acids is 1. The molecule has 1 aliphatic heterocycles. The van der Waals surface area contributed by atoms with Crippen molar-refractivity contribution in [3.63, 3.8) is 0 Å². The number of benzene rings is 1. The predicted molar refractivity (Wildman–Crippen MR) is 90.4 cm³/mol. The van der Waals surface area contributed by atoms with Crippen molar-refractivity contribution in [2.24, 2.45) is 0 Å². The molecular formula is C19H20N4O. The van der Waals surface area contributed by atoms with Crippen LogP contribution in [0.2, 0.25) is 0 Å². The number of hydrogen-bond acceptors (Lipinski definition) is 4. The number of aryl methyl sites for hydroxylation is 2. The highest BCUT2D eigenvalue weighted by molar-refractivity contribution is 5.95. The lowest BCUT2D eigenvalue weighted by atomic mass is 9.74. The van der Waals surface area contributed by atoms with Crippen molar-refractivity contribution >= 4 is 5.91 Å². The van der Waals surface area contributed by atoms with Crippen molar-refractivity contribution in [1.29, 1.82) is 5.26 Å². The molecule has 0 bridgehead atoms. The third-order valence-corrected chi connectivity index (χ3v) is 4.77. The Kier molecular flexibility index (Phi) is 4.30. The second kappa shape index (κ2) is 6.40. The second-order valence-corrected chi connectivity index (χ2v) is 6.27. The van der Waals surface area contributed by atoms with Crippen LogP contribution in [0.3, 0.4) is 0 Å². The summed E-state index contributed by atoms with van der Waals surface area (Å²) in [6.07, 6.45) is 2.89. The Morgan fingerprint density at radius 3 is 2.46 bits per heavy atom. The molecule has 0 spiro atoms. The molecule has 0 N–H and O–H groups in total. The summed E-state index contributed by atoms with van der Waals surface area (Å²) in [5.41, 5.74) is 1.78. The van der Waals surface area contributed by atoms with E-state index in [0.717, 1.165) is 5.56 Å². The van der Waals surface area contributed by atoms with Crippen LogP contribution in [0.15, 0.2) is 36.5 Å². The molecule has 122 valence electrons. The summed E-state index contributed by atoms with van der Waals surface area (Å²) in [7, 11) is 0. The number of hydrogen-bond donors (Lipinski definition) is 0. The smallest absolute Gasteiger partial charge is 0.257 e. The highest BCUT2D eigenvalue weighted by atomic mass is 16.2. The maximum Gasteiger partial charge on any atom is 0.257 e. The number of amides is 1. The summed E-state index contributed by atoms with van der Waals surface area (Å²) in [4.78, 5) is 22.9. The van der Waals surface area contributed by atoms with E-state index in [1.165, 1.54) is 0 Å². The maximum atomic E-state index is 12.7. The lowest BCUT2D eigenvalue weighted by Crippen LogP contribution is -2.44. The Morgan fingerprint density at radius 2 is 1.88 bits per heavy atom. The van der Waals surface area contributed by atoms with Gasteiger partial charge in [0.05, 0.1) is 22.7 Å². The summed E-state index contributed by atoms with van der Waals surface area (Å²) in [5, 5.41) is 9.74. The van der Waals surface area contributed by atoms with Crippen molar-refractivity contribution in [2.75, 3.05) is 13.1 Å². The number of piperidine rings is 1. The molecule has 24 heavy (non-hydrogen) atoms. The summed E-state index contributed by atoms with van der Waals surface area (Å²) >= 11 is 0. The van der Waals surface area contributed by atoms with Gasteiger partial charge in [-0.25, -0.2) is 9.97 Å². The largest absolute Gasteiger partial charge is 0.338 e. The molecule has 5 nitrogen and oxygen atoms in total. The van der Waals surface area contributed by atoms with Crippen molar-refractivity contribution in [3.8, 4) is 6.07 Å². The molecular weight excluding hydrogens is 300 g/mol. The monoisotopic (exact) mass is 320 g/mol. The molecule has 1 aliphatic rings. The average Bonchev–Trinajstić information content (AvgIpc) is 2.62. The molecule has 3 rings (SSSR count). The number of carbonyl (C=O) groups is 1. The third kappa shape index (κ3) is 2.88. The van der Waals surface area contributed by atoms with Gasteiger partial charge in [0.25, 0.3) is 5.91 Å². The van der Waals surface area contributed by atoms with Crippen molar-refractivity contribution < 1.29 is 4.79 Å². The first-order chi connectivity index (χ1) is 11.6. The summed E-state index contributed by atoms with van der Waals surface area (Å²) in [5.74, 6) is 0.613. The molecule has 0 aliphatic carbocycles. The summed E-state index contributed by atoms with van der Waals surface area (Å²) < 4.78 is 0. The van der Waals surface area contributed by atoms with E-state index >= 15 is 0 Å². The molecule has 0 unspecified atom stereocenters.